The van der Waals surface area contributed by atoms with Crippen molar-refractivity contribution < 1.29 is 0 Å². The van der Waals surface area contributed by atoms with Crippen molar-refractivity contribution in [2.24, 2.45) is 5.84 Å². The zero-order valence-corrected chi connectivity index (χ0v) is 9.09. The lowest BCUT2D eigenvalue weighted by Crippen LogP contribution is -2.11. The van der Waals surface area contributed by atoms with Crippen LogP contribution in [0.25, 0.3) is 11.4 Å². The van der Waals surface area contributed by atoms with E-state index in [1.54, 1.807) is 24.9 Å². The summed E-state index contributed by atoms with van der Waals surface area (Å²) >= 11 is 0. The summed E-state index contributed by atoms with van der Waals surface area (Å²) in [5, 5.41) is 0. The van der Waals surface area contributed by atoms with E-state index in [9.17, 15) is 0 Å². The van der Waals surface area contributed by atoms with Gasteiger partial charge < -0.3 is 9.99 Å². The number of aromatic nitrogens is 4. The van der Waals surface area contributed by atoms with E-state index in [2.05, 4.69) is 27.3 Å². The fraction of sp³-hybridized carbons (Fsp3) is 0.300. The van der Waals surface area contributed by atoms with Crippen molar-refractivity contribution in [3.8, 4) is 11.4 Å². The monoisotopic (exact) mass is 218 g/mol. The van der Waals surface area contributed by atoms with Crippen LogP contribution in [-0.2, 0) is 6.54 Å². The highest BCUT2D eigenvalue weighted by Crippen LogP contribution is 2.22. The van der Waals surface area contributed by atoms with Gasteiger partial charge in [-0.15, -0.1) is 0 Å². The molecule has 2 heterocycles. The van der Waals surface area contributed by atoms with Gasteiger partial charge in [-0.25, -0.2) is 20.8 Å². The quantitative estimate of drug-likeness (QED) is 0.591. The molecule has 2 aromatic rings. The van der Waals surface area contributed by atoms with E-state index in [-0.39, 0.29) is 0 Å². The minimum atomic E-state index is 0.556. The van der Waals surface area contributed by atoms with Gasteiger partial charge in [0, 0.05) is 18.9 Å². The molecule has 0 saturated carbocycles. The molecule has 0 atom stereocenters. The Labute approximate surface area is 93.5 Å². The zero-order valence-electron chi connectivity index (χ0n) is 9.09. The van der Waals surface area contributed by atoms with E-state index in [0.717, 1.165) is 24.4 Å². The minimum absolute atomic E-state index is 0.556. The average Bonchev–Trinajstić information content (AvgIpc) is 2.77. The second-order valence-corrected chi connectivity index (χ2v) is 3.37. The number of nitrogens with one attached hydrogen (secondary N) is 1. The summed E-state index contributed by atoms with van der Waals surface area (Å²) in [6.07, 6.45) is 7.82. The predicted octanol–water partition coefficient (Wildman–Crippen LogP) is 1.04. The Morgan fingerprint density at radius 3 is 2.94 bits per heavy atom. The van der Waals surface area contributed by atoms with Crippen LogP contribution >= 0.6 is 0 Å². The highest BCUT2D eigenvalue weighted by Gasteiger charge is 2.11. The summed E-state index contributed by atoms with van der Waals surface area (Å²) in [5.74, 6) is 5.95. The molecule has 0 aliphatic heterocycles. The number of nitrogens with two attached hydrogens (primary N) is 1. The van der Waals surface area contributed by atoms with Crippen LogP contribution in [0.1, 0.15) is 13.3 Å². The Morgan fingerprint density at radius 2 is 2.19 bits per heavy atom. The van der Waals surface area contributed by atoms with Gasteiger partial charge in [0.05, 0.1) is 18.2 Å². The molecule has 0 amide bonds. The van der Waals surface area contributed by atoms with Crippen molar-refractivity contribution in [1.29, 1.82) is 0 Å². The van der Waals surface area contributed by atoms with Crippen LogP contribution in [0, 0.1) is 0 Å². The number of hydrazine groups is 1. The van der Waals surface area contributed by atoms with Crippen molar-refractivity contribution in [2.75, 3.05) is 5.43 Å². The fourth-order valence-corrected chi connectivity index (χ4v) is 1.57. The number of aryl methyl sites for hydroxylation is 1. The van der Waals surface area contributed by atoms with E-state index >= 15 is 0 Å². The number of hydrogen-bond acceptors (Lipinski definition) is 5. The first-order chi connectivity index (χ1) is 7.86. The summed E-state index contributed by atoms with van der Waals surface area (Å²) in [5.41, 5.74) is 4.18. The molecule has 0 bridgehead atoms. The highest BCUT2D eigenvalue weighted by atomic mass is 15.3. The second-order valence-electron chi connectivity index (χ2n) is 3.37. The lowest BCUT2D eigenvalue weighted by Gasteiger charge is -2.08. The number of imidazole rings is 1. The molecule has 0 fully saturated rings. The molecular formula is C10H14N6. The van der Waals surface area contributed by atoms with Crippen molar-refractivity contribution in [1.82, 2.24) is 19.5 Å². The molecule has 0 saturated heterocycles. The molecule has 6 heteroatoms. The molecular weight excluding hydrogens is 204 g/mol. The summed E-state index contributed by atoms with van der Waals surface area (Å²) in [6.45, 7) is 3.01. The predicted molar refractivity (Wildman–Crippen MR) is 61.4 cm³/mol. The Kier molecular flexibility index (Phi) is 3.11. The van der Waals surface area contributed by atoms with Crippen LogP contribution in [0.5, 0.6) is 0 Å². The molecule has 0 aromatic carbocycles. The maximum atomic E-state index is 5.40. The van der Waals surface area contributed by atoms with Crippen molar-refractivity contribution in [2.45, 2.75) is 19.9 Å². The molecule has 0 spiro atoms. The van der Waals surface area contributed by atoms with Gasteiger partial charge >= 0.3 is 0 Å². The number of rotatable bonds is 4. The molecule has 0 aliphatic rings. The van der Waals surface area contributed by atoms with Gasteiger partial charge in [0.25, 0.3) is 0 Å². The minimum Gasteiger partial charge on any atom is -0.329 e. The Bertz CT molecular complexity index is 464. The molecule has 2 rings (SSSR count). The first kappa shape index (κ1) is 10.6. The Hall–Kier alpha value is -1.95. The van der Waals surface area contributed by atoms with Gasteiger partial charge in [-0.05, 0) is 6.42 Å². The normalized spacial score (nSPS) is 10.4. The van der Waals surface area contributed by atoms with Gasteiger partial charge in [-0.2, -0.15) is 0 Å². The van der Waals surface area contributed by atoms with E-state index in [1.165, 1.54) is 0 Å². The van der Waals surface area contributed by atoms with E-state index in [0.29, 0.717) is 5.82 Å². The van der Waals surface area contributed by atoms with E-state index in [4.69, 9.17) is 5.84 Å². The first-order valence-corrected chi connectivity index (χ1v) is 5.15. The molecule has 0 unspecified atom stereocenters. The van der Waals surface area contributed by atoms with Crippen LogP contribution in [0.4, 0.5) is 5.82 Å². The Morgan fingerprint density at radius 1 is 1.38 bits per heavy atom. The number of nitrogens with zero attached hydrogens (tertiary/aromatic N) is 4. The van der Waals surface area contributed by atoms with Crippen molar-refractivity contribution in [3.63, 3.8) is 0 Å². The van der Waals surface area contributed by atoms with Gasteiger partial charge in [0.15, 0.2) is 5.82 Å². The van der Waals surface area contributed by atoms with Crippen LogP contribution in [0.2, 0.25) is 0 Å². The molecule has 0 radical (unpaired) electrons. The molecule has 2 aromatic heterocycles. The van der Waals surface area contributed by atoms with Gasteiger partial charge in [-0.1, -0.05) is 6.92 Å². The van der Waals surface area contributed by atoms with Crippen LogP contribution in [0.3, 0.4) is 0 Å². The van der Waals surface area contributed by atoms with Crippen molar-refractivity contribution in [3.05, 3.63) is 24.9 Å². The molecule has 6 nitrogen and oxygen atoms in total. The SMILES string of the molecule is CCCn1cncc1-c1nccnc1NN. The topological polar surface area (TPSA) is 81.7 Å². The Balaban J connectivity index is 2.45. The third-order valence-electron chi connectivity index (χ3n) is 2.25. The molecule has 16 heavy (non-hydrogen) atoms. The lowest BCUT2D eigenvalue weighted by molar-refractivity contribution is 0.683. The summed E-state index contributed by atoms with van der Waals surface area (Å²) in [7, 11) is 0. The third-order valence-corrected chi connectivity index (χ3v) is 2.25. The van der Waals surface area contributed by atoms with E-state index < -0.39 is 0 Å². The largest absolute Gasteiger partial charge is 0.329 e. The maximum absolute atomic E-state index is 5.40. The van der Waals surface area contributed by atoms with Gasteiger partial charge in [0.2, 0.25) is 0 Å². The van der Waals surface area contributed by atoms with E-state index in [1.807, 2.05) is 4.57 Å². The average molecular weight is 218 g/mol. The second kappa shape index (κ2) is 4.71. The number of hydrogen-bond donors (Lipinski definition) is 2. The third kappa shape index (κ3) is 1.87. The molecule has 84 valence electrons. The maximum Gasteiger partial charge on any atom is 0.168 e. The molecule has 0 aliphatic carbocycles. The summed E-state index contributed by atoms with van der Waals surface area (Å²) < 4.78 is 2.03. The van der Waals surface area contributed by atoms with Gasteiger partial charge in [0.1, 0.15) is 5.69 Å². The first-order valence-electron chi connectivity index (χ1n) is 5.15. The standard InChI is InChI=1S/C10H14N6/c1-2-5-16-7-12-6-8(16)9-10(15-11)14-4-3-13-9/h3-4,6-7H,2,5,11H2,1H3,(H,14,15). The fourth-order valence-electron chi connectivity index (χ4n) is 1.57. The van der Waals surface area contributed by atoms with Crippen molar-refractivity contribution >= 4 is 5.82 Å². The highest BCUT2D eigenvalue weighted by molar-refractivity contribution is 5.67. The number of anilines is 1. The van der Waals surface area contributed by atoms with Crippen LogP contribution in [0.15, 0.2) is 24.9 Å². The van der Waals surface area contributed by atoms with Crippen LogP contribution < -0.4 is 11.3 Å². The lowest BCUT2D eigenvalue weighted by atomic mass is 10.3. The van der Waals surface area contributed by atoms with Crippen LogP contribution in [-0.4, -0.2) is 19.5 Å². The molecule has 3 N–H and O–H groups in total. The number of nitrogen functional groups attached to an aromatic ring is 1. The summed E-state index contributed by atoms with van der Waals surface area (Å²) in [6, 6.07) is 0. The zero-order chi connectivity index (χ0) is 11.4. The smallest absolute Gasteiger partial charge is 0.168 e. The van der Waals surface area contributed by atoms with Gasteiger partial charge in [-0.3, -0.25) is 0 Å². The summed E-state index contributed by atoms with van der Waals surface area (Å²) in [4.78, 5) is 12.5.